The first-order valence-corrected chi connectivity index (χ1v) is 3.10. The van der Waals surface area contributed by atoms with Gasteiger partial charge in [-0.3, -0.25) is 0 Å². The third-order valence-electron chi connectivity index (χ3n) is 1.47. The molecule has 1 aliphatic rings. The molecule has 3 N–H and O–H groups in total. The lowest BCUT2D eigenvalue weighted by molar-refractivity contribution is -0.134. The molecule has 4 nitrogen and oxygen atoms in total. The van der Waals surface area contributed by atoms with Gasteiger partial charge in [-0.2, -0.15) is 0 Å². The van der Waals surface area contributed by atoms with Crippen LogP contribution in [0.25, 0.3) is 0 Å². The normalized spacial score (nSPS) is 29.8. The van der Waals surface area contributed by atoms with Crippen LogP contribution in [0.3, 0.4) is 0 Å². The SMILES string of the molecule is O=C(O)C1=CC=C[C@H](O)[C@H]1O. The Balaban J connectivity index is 2.87. The van der Waals surface area contributed by atoms with Crippen molar-refractivity contribution in [2.45, 2.75) is 12.2 Å². The van der Waals surface area contributed by atoms with Crippen LogP contribution in [-0.2, 0) is 4.79 Å². The lowest BCUT2D eigenvalue weighted by atomic mass is 10.00. The standard InChI is InChI=1S/C7H8O4/c8-5-3-1-2-4(6(5)9)7(10)11/h1-3,5-6,8-9H,(H,10,11)/t5-,6-/m0/s1. The minimum Gasteiger partial charge on any atom is -0.478 e. The van der Waals surface area contributed by atoms with Crippen LogP contribution in [0.4, 0.5) is 0 Å². The predicted molar refractivity (Wildman–Crippen MR) is 36.9 cm³/mol. The van der Waals surface area contributed by atoms with E-state index in [1.54, 1.807) is 0 Å². The van der Waals surface area contributed by atoms with Crippen molar-refractivity contribution < 1.29 is 20.1 Å². The number of aliphatic hydroxyl groups excluding tert-OH is 2. The van der Waals surface area contributed by atoms with E-state index in [-0.39, 0.29) is 5.57 Å². The van der Waals surface area contributed by atoms with E-state index < -0.39 is 18.2 Å². The van der Waals surface area contributed by atoms with E-state index in [9.17, 15) is 4.79 Å². The van der Waals surface area contributed by atoms with E-state index in [0.29, 0.717) is 0 Å². The van der Waals surface area contributed by atoms with Crippen LogP contribution < -0.4 is 0 Å². The number of allylic oxidation sites excluding steroid dienone is 2. The Morgan fingerprint density at radius 1 is 1.45 bits per heavy atom. The second-order valence-corrected chi connectivity index (χ2v) is 2.25. The van der Waals surface area contributed by atoms with Crippen molar-refractivity contribution in [2.24, 2.45) is 0 Å². The fraction of sp³-hybridized carbons (Fsp3) is 0.286. The third kappa shape index (κ3) is 1.47. The van der Waals surface area contributed by atoms with Gasteiger partial charge >= 0.3 is 5.97 Å². The molecular weight excluding hydrogens is 148 g/mol. The number of aliphatic hydroxyl groups is 2. The number of hydrogen-bond donors (Lipinski definition) is 3. The molecule has 0 fully saturated rings. The van der Waals surface area contributed by atoms with Crippen LogP contribution in [-0.4, -0.2) is 33.5 Å². The first-order valence-electron chi connectivity index (χ1n) is 3.10. The zero-order valence-electron chi connectivity index (χ0n) is 5.64. The molecule has 0 aromatic carbocycles. The highest BCUT2D eigenvalue weighted by Crippen LogP contribution is 2.13. The van der Waals surface area contributed by atoms with Gasteiger partial charge in [0.1, 0.15) is 12.2 Å². The lowest BCUT2D eigenvalue weighted by Crippen LogP contribution is -2.31. The van der Waals surface area contributed by atoms with Gasteiger partial charge in [0, 0.05) is 0 Å². The van der Waals surface area contributed by atoms with Crippen LogP contribution >= 0.6 is 0 Å². The van der Waals surface area contributed by atoms with Crippen molar-refractivity contribution in [3.8, 4) is 0 Å². The molecule has 0 aromatic heterocycles. The van der Waals surface area contributed by atoms with Crippen LogP contribution in [0.15, 0.2) is 23.8 Å². The van der Waals surface area contributed by atoms with E-state index in [4.69, 9.17) is 15.3 Å². The van der Waals surface area contributed by atoms with Gasteiger partial charge in [-0.25, -0.2) is 4.79 Å². The summed E-state index contributed by atoms with van der Waals surface area (Å²) in [6.07, 6.45) is 1.58. The number of aliphatic carboxylic acids is 1. The minimum atomic E-state index is -1.31. The highest BCUT2D eigenvalue weighted by atomic mass is 16.4. The Bertz CT molecular complexity index is 229. The third-order valence-corrected chi connectivity index (χ3v) is 1.47. The Hall–Kier alpha value is -1.13. The Kier molecular flexibility index (Phi) is 2.07. The van der Waals surface area contributed by atoms with E-state index in [1.165, 1.54) is 18.2 Å². The average Bonchev–Trinajstić information content (AvgIpc) is 1.94. The van der Waals surface area contributed by atoms with Crippen LogP contribution in [0.1, 0.15) is 0 Å². The molecule has 0 radical (unpaired) electrons. The molecule has 0 spiro atoms. The lowest BCUT2D eigenvalue weighted by Gasteiger charge is -2.17. The minimum absolute atomic E-state index is 0.181. The summed E-state index contributed by atoms with van der Waals surface area (Å²) in [6, 6.07) is 0. The van der Waals surface area contributed by atoms with Crippen LogP contribution in [0, 0.1) is 0 Å². The summed E-state index contributed by atoms with van der Waals surface area (Å²) in [7, 11) is 0. The highest BCUT2D eigenvalue weighted by Gasteiger charge is 2.25. The summed E-state index contributed by atoms with van der Waals surface area (Å²) in [6.45, 7) is 0. The Morgan fingerprint density at radius 3 is 2.55 bits per heavy atom. The van der Waals surface area contributed by atoms with E-state index in [1.807, 2.05) is 0 Å². The van der Waals surface area contributed by atoms with Crippen molar-refractivity contribution in [1.82, 2.24) is 0 Å². The van der Waals surface area contributed by atoms with Gasteiger partial charge in [-0.1, -0.05) is 12.2 Å². The quantitative estimate of drug-likeness (QED) is 0.468. The molecule has 0 saturated heterocycles. The van der Waals surface area contributed by atoms with Crippen LogP contribution in [0.2, 0.25) is 0 Å². The molecule has 60 valence electrons. The zero-order chi connectivity index (χ0) is 8.43. The summed E-state index contributed by atoms with van der Waals surface area (Å²) in [5.41, 5.74) is -0.181. The van der Waals surface area contributed by atoms with Gasteiger partial charge in [-0.15, -0.1) is 0 Å². The first-order chi connectivity index (χ1) is 5.13. The van der Waals surface area contributed by atoms with E-state index in [2.05, 4.69) is 0 Å². The van der Waals surface area contributed by atoms with Gasteiger partial charge in [-0.05, 0) is 6.08 Å². The van der Waals surface area contributed by atoms with E-state index >= 15 is 0 Å². The average molecular weight is 156 g/mol. The zero-order valence-corrected chi connectivity index (χ0v) is 5.64. The smallest absolute Gasteiger partial charge is 0.334 e. The van der Waals surface area contributed by atoms with Crippen molar-refractivity contribution >= 4 is 5.97 Å². The molecule has 11 heavy (non-hydrogen) atoms. The molecule has 0 amide bonds. The number of carboxylic acids is 1. The summed E-state index contributed by atoms with van der Waals surface area (Å²) in [5.74, 6) is -1.21. The molecule has 0 aromatic rings. The molecule has 0 unspecified atom stereocenters. The van der Waals surface area contributed by atoms with Gasteiger partial charge in [0.2, 0.25) is 0 Å². The Morgan fingerprint density at radius 2 is 2.09 bits per heavy atom. The first kappa shape index (κ1) is 7.97. The van der Waals surface area contributed by atoms with Crippen molar-refractivity contribution in [1.29, 1.82) is 0 Å². The molecule has 0 saturated carbocycles. The molecule has 1 rings (SSSR count). The van der Waals surface area contributed by atoms with E-state index in [0.717, 1.165) is 0 Å². The summed E-state index contributed by atoms with van der Waals surface area (Å²) in [4.78, 5) is 10.3. The fourth-order valence-electron chi connectivity index (χ4n) is 0.859. The van der Waals surface area contributed by atoms with Crippen molar-refractivity contribution in [2.75, 3.05) is 0 Å². The second-order valence-electron chi connectivity index (χ2n) is 2.25. The molecule has 4 heteroatoms. The van der Waals surface area contributed by atoms with Gasteiger partial charge in [0.05, 0.1) is 5.57 Å². The summed E-state index contributed by atoms with van der Waals surface area (Å²) in [5, 5.41) is 26.5. The maximum atomic E-state index is 10.3. The van der Waals surface area contributed by atoms with Crippen molar-refractivity contribution in [3.63, 3.8) is 0 Å². The summed E-state index contributed by atoms with van der Waals surface area (Å²) >= 11 is 0. The fourth-order valence-corrected chi connectivity index (χ4v) is 0.859. The van der Waals surface area contributed by atoms with Gasteiger partial charge in [0.15, 0.2) is 0 Å². The molecule has 2 atom stereocenters. The number of hydrogen-bond acceptors (Lipinski definition) is 3. The topological polar surface area (TPSA) is 77.8 Å². The maximum Gasteiger partial charge on any atom is 0.334 e. The number of carbonyl (C=O) groups is 1. The Labute approximate surface area is 63.1 Å². The van der Waals surface area contributed by atoms with Crippen LogP contribution in [0.5, 0.6) is 0 Å². The number of rotatable bonds is 1. The van der Waals surface area contributed by atoms with Gasteiger partial charge < -0.3 is 15.3 Å². The molecule has 1 aliphatic carbocycles. The summed E-state index contributed by atoms with van der Waals surface area (Å²) < 4.78 is 0. The molecular formula is C7H8O4. The predicted octanol–water partition coefficient (Wildman–Crippen LogP) is -0.711. The van der Waals surface area contributed by atoms with Crippen molar-refractivity contribution in [3.05, 3.63) is 23.8 Å². The molecule has 0 aliphatic heterocycles. The second kappa shape index (κ2) is 2.86. The highest BCUT2D eigenvalue weighted by molar-refractivity contribution is 5.88. The monoisotopic (exact) mass is 156 g/mol. The number of carboxylic acid groups (broad SMARTS) is 1. The maximum absolute atomic E-state index is 10.3. The molecule has 0 heterocycles. The van der Waals surface area contributed by atoms with Gasteiger partial charge in [0.25, 0.3) is 0 Å². The molecule has 0 bridgehead atoms. The largest absolute Gasteiger partial charge is 0.478 e.